The molecule has 0 saturated heterocycles. The van der Waals surface area contributed by atoms with E-state index in [4.69, 9.17) is 4.74 Å². The normalized spacial score (nSPS) is 10.9. The van der Waals surface area contributed by atoms with Crippen LogP contribution in [0.1, 0.15) is 18.2 Å². The van der Waals surface area contributed by atoms with Gasteiger partial charge in [0.05, 0.1) is 17.8 Å². The van der Waals surface area contributed by atoms with Crippen LogP contribution in [-0.2, 0) is 22.5 Å². The van der Waals surface area contributed by atoms with Crippen LogP contribution in [-0.4, -0.2) is 22.4 Å². The first-order valence-corrected chi connectivity index (χ1v) is 8.31. The summed E-state index contributed by atoms with van der Waals surface area (Å²) in [6.07, 6.45) is 0.718. The molecule has 0 aliphatic carbocycles. The van der Waals surface area contributed by atoms with Crippen molar-refractivity contribution in [2.45, 2.75) is 19.9 Å². The molecule has 23 heavy (non-hydrogen) atoms. The van der Waals surface area contributed by atoms with Crippen LogP contribution >= 0.6 is 15.9 Å². The molecule has 4 nitrogen and oxygen atoms in total. The van der Waals surface area contributed by atoms with Crippen LogP contribution < -0.4 is 0 Å². The summed E-state index contributed by atoms with van der Waals surface area (Å²) in [7, 11) is 0. The van der Waals surface area contributed by atoms with Gasteiger partial charge in [-0.15, -0.1) is 0 Å². The molecule has 0 aliphatic rings. The predicted octanol–water partition coefficient (Wildman–Crippen LogP) is 3.95. The zero-order valence-electron chi connectivity index (χ0n) is 12.8. The Labute approximate surface area is 143 Å². The molecule has 1 aromatic heterocycles. The van der Waals surface area contributed by atoms with Crippen molar-refractivity contribution in [3.8, 4) is 0 Å². The molecule has 3 rings (SSSR count). The summed E-state index contributed by atoms with van der Waals surface area (Å²) in [5, 5.41) is 5.70. The predicted molar refractivity (Wildman–Crippen MR) is 93.3 cm³/mol. The summed E-state index contributed by atoms with van der Waals surface area (Å²) in [5.74, 6) is -0.275. The highest BCUT2D eigenvalue weighted by Crippen LogP contribution is 2.28. The molecular weight excluding hydrogens is 356 g/mol. The van der Waals surface area contributed by atoms with E-state index < -0.39 is 0 Å². The Bertz CT molecular complexity index is 828. The summed E-state index contributed by atoms with van der Waals surface area (Å²) in [4.78, 5) is 11.8. The number of halogens is 1. The van der Waals surface area contributed by atoms with Gasteiger partial charge in [0.25, 0.3) is 0 Å². The maximum Gasteiger partial charge on any atom is 0.327 e. The van der Waals surface area contributed by atoms with Gasteiger partial charge in [0, 0.05) is 16.3 Å². The summed E-state index contributed by atoms with van der Waals surface area (Å²) >= 11 is 3.60. The third kappa shape index (κ3) is 3.45. The molecule has 0 amide bonds. The highest BCUT2D eigenvalue weighted by Gasteiger charge is 2.15. The van der Waals surface area contributed by atoms with Gasteiger partial charge in [-0.25, -0.2) is 0 Å². The average molecular weight is 373 g/mol. The summed E-state index contributed by atoms with van der Waals surface area (Å²) in [6.45, 7) is 2.30. The minimum absolute atomic E-state index is 0.121. The number of carbonyl (C=O) groups excluding carboxylic acids is 1. The number of hydrogen-bond acceptors (Lipinski definition) is 3. The molecule has 5 heteroatoms. The maximum absolute atomic E-state index is 11.8. The van der Waals surface area contributed by atoms with E-state index in [0.717, 1.165) is 27.5 Å². The average Bonchev–Trinajstić information content (AvgIpc) is 2.87. The SMILES string of the molecule is CCOC(=O)Cn1nc(Cc2ccccc2)c2c(Br)cccc21. The van der Waals surface area contributed by atoms with Crippen molar-refractivity contribution in [2.24, 2.45) is 0 Å². The van der Waals surface area contributed by atoms with Crippen LogP contribution in [0.15, 0.2) is 53.0 Å². The lowest BCUT2D eigenvalue weighted by Gasteiger charge is -2.03. The minimum atomic E-state index is -0.275. The van der Waals surface area contributed by atoms with Gasteiger partial charge in [0.15, 0.2) is 0 Å². The van der Waals surface area contributed by atoms with Gasteiger partial charge in [-0.1, -0.05) is 52.3 Å². The fourth-order valence-corrected chi connectivity index (χ4v) is 3.21. The van der Waals surface area contributed by atoms with Gasteiger partial charge >= 0.3 is 5.97 Å². The van der Waals surface area contributed by atoms with Crippen molar-refractivity contribution >= 4 is 32.8 Å². The Hall–Kier alpha value is -2.14. The standard InChI is InChI=1S/C18H17BrN2O2/c1-2-23-17(22)12-21-16-10-6-9-14(19)18(16)15(20-21)11-13-7-4-3-5-8-13/h3-10H,2,11-12H2,1H3. The maximum atomic E-state index is 11.8. The second kappa shape index (κ2) is 6.96. The molecule has 0 bridgehead atoms. The summed E-state index contributed by atoms with van der Waals surface area (Å²) in [5.41, 5.74) is 3.06. The Balaban J connectivity index is 2.02. The quantitative estimate of drug-likeness (QED) is 0.636. The van der Waals surface area contributed by atoms with Crippen molar-refractivity contribution < 1.29 is 9.53 Å². The van der Waals surface area contributed by atoms with Crippen molar-refractivity contribution in [1.29, 1.82) is 0 Å². The monoisotopic (exact) mass is 372 g/mol. The fourth-order valence-electron chi connectivity index (χ4n) is 2.63. The number of benzene rings is 2. The molecule has 1 heterocycles. The molecule has 0 unspecified atom stereocenters. The topological polar surface area (TPSA) is 44.1 Å². The highest BCUT2D eigenvalue weighted by atomic mass is 79.9. The van der Waals surface area contributed by atoms with Gasteiger partial charge in [0.1, 0.15) is 6.54 Å². The fraction of sp³-hybridized carbons (Fsp3) is 0.222. The third-order valence-electron chi connectivity index (χ3n) is 3.60. The lowest BCUT2D eigenvalue weighted by molar-refractivity contribution is -0.143. The molecule has 0 spiro atoms. The molecule has 0 radical (unpaired) electrons. The smallest absolute Gasteiger partial charge is 0.327 e. The highest BCUT2D eigenvalue weighted by molar-refractivity contribution is 9.10. The second-order valence-corrected chi connectivity index (χ2v) is 6.06. The molecule has 3 aromatic rings. The van der Waals surface area contributed by atoms with E-state index >= 15 is 0 Å². The Morgan fingerprint density at radius 2 is 1.96 bits per heavy atom. The van der Waals surface area contributed by atoms with Crippen LogP contribution in [0.5, 0.6) is 0 Å². The van der Waals surface area contributed by atoms with Crippen LogP contribution in [0.25, 0.3) is 10.9 Å². The van der Waals surface area contributed by atoms with Crippen LogP contribution in [0.3, 0.4) is 0 Å². The first-order valence-electron chi connectivity index (χ1n) is 7.52. The lowest BCUT2D eigenvalue weighted by atomic mass is 10.1. The van der Waals surface area contributed by atoms with Gasteiger partial charge < -0.3 is 4.74 Å². The molecule has 0 aliphatic heterocycles. The molecule has 2 aromatic carbocycles. The number of aromatic nitrogens is 2. The molecular formula is C18H17BrN2O2. The van der Waals surface area contributed by atoms with E-state index in [2.05, 4.69) is 33.2 Å². The van der Waals surface area contributed by atoms with E-state index in [1.54, 1.807) is 11.6 Å². The van der Waals surface area contributed by atoms with E-state index in [-0.39, 0.29) is 12.5 Å². The van der Waals surface area contributed by atoms with E-state index in [0.29, 0.717) is 6.61 Å². The van der Waals surface area contributed by atoms with Crippen LogP contribution in [0, 0.1) is 0 Å². The largest absolute Gasteiger partial charge is 0.465 e. The molecule has 118 valence electrons. The Morgan fingerprint density at radius 3 is 2.70 bits per heavy atom. The number of esters is 1. The first kappa shape index (κ1) is 15.7. The minimum Gasteiger partial charge on any atom is -0.465 e. The third-order valence-corrected chi connectivity index (χ3v) is 4.26. The molecule has 0 fully saturated rings. The number of fused-ring (bicyclic) bond motifs is 1. The second-order valence-electron chi connectivity index (χ2n) is 5.21. The van der Waals surface area contributed by atoms with E-state index in [1.807, 2.05) is 36.4 Å². The molecule has 0 saturated carbocycles. The van der Waals surface area contributed by atoms with Gasteiger partial charge in [-0.05, 0) is 24.6 Å². The number of ether oxygens (including phenoxy) is 1. The molecule has 0 N–H and O–H groups in total. The number of rotatable bonds is 5. The van der Waals surface area contributed by atoms with Crippen molar-refractivity contribution in [3.05, 3.63) is 64.3 Å². The van der Waals surface area contributed by atoms with Gasteiger partial charge in [-0.3, -0.25) is 9.48 Å². The zero-order chi connectivity index (χ0) is 16.2. The summed E-state index contributed by atoms with van der Waals surface area (Å²) in [6, 6.07) is 16.1. The van der Waals surface area contributed by atoms with Gasteiger partial charge in [-0.2, -0.15) is 5.10 Å². The van der Waals surface area contributed by atoms with Crippen LogP contribution in [0.4, 0.5) is 0 Å². The number of hydrogen-bond donors (Lipinski definition) is 0. The van der Waals surface area contributed by atoms with Crippen molar-refractivity contribution in [1.82, 2.24) is 9.78 Å². The summed E-state index contributed by atoms with van der Waals surface area (Å²) < 4.78 is 7.74. The van der Waals surface area contributed by atoms with E-state index in [9.17, 15) is 4.79 Å². The first-order chi connectivity index (χ1) is 11.2. The van der Waals surface area contributed by atoms with Crippen LogP contribution in [0.2, 0.25) is 0 Å². The van der Waals surface area contributed by atoms with Crippen molar-refractivity contribution in [2.75, 3.05) is 6.61 Å². The lowest BCUT2D eigenvalue weighted by Crippen LogP contribution is -2.14. The number of carbonyl (C=O) groups is 1. The molecule has 0 atom stereocenters. The van der Waals surface area contributed by atoms with Crippen molar-refractivity contribution in [3.63, 3.8) is 0 Å². The van der Waals surface area contributed by atoms with E-state index in [1.165, 1.54) is 5.56 Å². The number of nitrogens with zero attached hydrogens (tertiary/aromatic N) is 2. The Morgan fingerprint density at radius 1 is 1.17 bits per heavy atom. The zero-order valence-corrected chi connectivity index (χ0v) is 14.4. The Kier molecular flexibility index (Phi) is 4.76. The van der Waals surface area contributed by atoms with Gasteiger partial charge in [0.2, 0.25) is 0 Å².